The summed E-state index contributed by atoms with van der Waals surface area (Å²) < 4.78 is 3.84. The molecule has 0 spiro atoms. The first-order chi connectivity index (χ1) is 9.43. The zero-order chi connectivity index (χ0) is 14.8. The Hall–Kier alpha value is -1.50. The summed E-state index contributed by atoms with van der Waals surface area (Å²) in [6.45, 7) is 3.91. The monoisotopic (exact) mass is 297 g/mol. The second-order valence-electron chi connectivity index (χ2n) is 5.65. The van der Waals surface area contributed by atoms with E-state index in [0.717, 1.165) is 24.4 Å². The third-order valence-corrected chi connectivity index (χ3v) is 4.44. The van der Waals surface area contributed by atoms with E-state index >= 15 is 0 Å². The van der Waals surface area contributed by atoms with Crippen molar-refractivity contribution < 1.29 is 14.7 Å². The molecule has 1 aromatic heterocycles. The van der Waals surface area contributed by atoms with E-state index in [9.17, 15) is 9.59 Å². The number of hydrogen-bond acceptors (Lipinski definition) is 5. The first-order valence-electron chi connectivity index (χ1n) is 6.80. The van der Waals surface area contributed by atoms with Crippen LogP contribution in [-0.4, -0.2) is 32.1 Å². The maximum absolute atomic E-state index is 12.4. The largest absolute Gasteiger partial charge is 0.481 e. The number of carboxylic acids is 1. The van der Waals surface area contributed by atoms with E-state index in [1.807, 2.05) is 13.8 Å². The lowest BCUT2D eigenvalue weighted by Gasteiger charge is -2.28. The highest BCUT2D eigenvalue weighted by Crippen LogP contribution is 2.33. The second-order valence-corrected chi connectivity index (χ2v) is 6.41. The molecule has 1 heterocycles. The molecule has 2 rings (SSSR count). The number of aromatic nitrogens is 2. The van der Waals surface area contributed by atoms with Crippen LogP contribution in [0.15, 0.2) is 0 Å². The Labute approximate surface area is 121 Å². The van der Waals surface area contributed by atoms with Crippen LogP contribution in [-0.2, 0) is 4.79 Å². The molecule has 20 heavy (non-hydrogen) atoms. The van der Waals surface area contributed by atoms with Gasteiger partial charge >= 0.3 is 5.97 Å². The van der Waals surface area contributed by atoms with Gasteiger partial charge in [0.15, 0.2) is 0 Å². The lowest BCUT2D eigenvalue weighted by molar-refractivity contribution is -0.138. The SMILES string of the molecule is CC(C)c1nnsc1C(=O)NC1(CC(=O)O)CCCC1. The number of aliphatic carboxylic acids is 1. The maximum Gasteiger partial charge on any atom is 0.305 e. The Morgan fingerprint density at radius 3 is 2.60 bits per heavy atom. The maximum atomic E-state index is 12.4. The molecule has 0 radical (unpaired) electrons. The summed E-state index contributed by atoms with van der Waals surface area (Å²) in [5.74, 6) is -1.00. The average Bonchev–Trinajstić information content (AvgIpc) is 2.96. The standard InChI is InChI=1S/C13H19N3O3S/c1-8(2)10-11(20-16-15-10)12(19)14-13(7-9(17)18)5-3-4-6-13/h8H,3-7H2,1-2H3,(H,14,19)(H,17,18). The molecule has 2 N–H and O–H groups in total. The van der Waals surface area contributed by atoms with Crippen LogP contribution in [0.3, 0.4) is 0 Å². The fraction of sp³-hybridized carbons (Fsp3) is 0.692. The quantitative estimate of drug-likeness (QED) is 0.869. The van der Waals surface area contributed by atoms with Crippen LogP contribution in [0.4, 0.5) is 0 Å². The molecule has 0 aromatic carbocycles. The van der Waals surface area contributed by atoms with Gasteiger partial charge in [0.25, 0.3) is 5.91 Å². The molecule has 1 fully saturated rings. The third kappa shape index (κ3) is 3.15. The number of nitrogens with one attached hydrogen (secondary N) is 1. The molecule has 0 atom stereocenters. The molecule has 1 saturated carbocycles. The Morgan fingerprint density at radius 2 is 2.05 bits per heavy atom. The minimum Gasteiger partial charge on any atom is -0.481 e. The zero-order valence-corrected chi connectivity index (χ0v) is 12.5. The minimum absolute atomic E-state index is 0.0258. The number of carbonyl (C=O) groups excluding carboxylic acids is 1. The number of hydrogen-bond donors (Lipinski definition) is 2. The predicted molar refractivity (Wildman–Crippen MR) is 74.9 cm³/mol. The summed E-state index contributed by atoms with van der Waals surface area (Å²) in [5.41, 5.74) is 0.0669. The molecular formula is C13H19N3O3S. The summed E-state index contributed by atoms with van der Waals surface area (Å²) in [5, 5.41) is 16.0. The molecular weight excluding hydrogens is 278 g/mol. The minimum atomic E-state index is -0.876. The molecule has 1 aliphatic carbocycles. The highest BCUT2D eigenvalue weighted by atomic mass is 32.1. The van der Waals surface area contributed by atoms with Gasteiger partial charge in [0.1, 0.15) is 4.88 Å². The van der Waals surface area contributed by atoms with Gasteiger partial charge in [-0.2, -0.15) is 0 Å². The molecule has 0 unspecified atom stereocenters. The van der Waals surface area contributed by atoms with E-state index in [1.54, 1.807) is 0 Å². The van der Waals surface area contributed by atoms with Crippen LogP contribution in [0.1, 0.15) is 67.2 Å². The average molecular weight is 297 g/mol. The highest BCUT2D eigenvalue weighted by Gasteiger charge is 2.38. The van der Waals surface area contributed by atoms with Crippen molar-refractivity contribution in [3.63, 3.8) is 0 Å². The first kappa shape index (κ1) is 14.9. The zero-order valence-electron chi connectivity index (χ0n) is 11.7. The Morgan fingerprint density at radius 1 is 1.40 bits per heavy atom. The van der Waals surface area contributed by atoms with Crippen molar-refractivity contribution in [2.24, 2.45) is 0 Å². The van der Waals surface area contributed by atoms with Gasteiger partial charge in [-0.25, -0.2) is 0 Å². The van der Waals surface area contributed by atoms with E-state index in [-0.39, 0.29) is 18.2 Å². The van der Waals surface area contributed by atoms with Gasteiger partial charge in [-0.3, -0.25) is 9.59 Å². The molecule has 0 aliphatic heterocycles. The van der Waals surface area contributed by atoms with E-state index < -0.39 is 11.5 Å². The van der Waals surface area contributed by atoms with E-state index in [1.165, 1.54) is 0 Å². The topological polar surface area (TPSA) is 92.2 Å². The lowest BCUT2D eigenvalue weighted by atomic mass is 9.93. The fourth-order valence-corrected chi connectivity index (χ4v) is 3.43. The van der Waals surface area contributed by atoms with Gasteiger partial charge in [-0.15, -0.1) is 5.10 Å². The van der Waals surface area contributed by atoms with Gasteiger partial charge in [0.05, 0.1) is 17.7 Å². The second kappa shape index (κ2) is 5.87. The van der Waals surface area contributed by atoms with E-state index in [0.29, 0.717) is 23.4 Å². The molecule has 1 amide bonds. The van der Waals surface area contributed by atoms with Crippen molar-refractivity contribution in [1.29, 1.82) is 0 Å². The molecule has 1 aromatic rings. The molecule has 110 valence electrons. The van der Waals surface area contributed by atoms with Gasteiger partial charge in [-0.1, -0.05) is 31.2 Å². The molecule has 6 nitrogen and oxygen atoms in total. The lowest BCUT2D eigenvalue weighted by Crippen LogP contribution is -2.47. The van der Waals surface area contributed by atoms with Gasteiger partial charge in [0.2, 0.25) is 0 Å². The van der Waals surface area contributed by atoms with E-state index in [4.69, 9.17) is 5.11 Å². The van der Waals surface area contributed by atoms with Crippen LogP contribution in [0.25, 0.3) is 0 Å². The number of rotatable bonds is 5. The first-order valence-corrected chi connectivity index (χ1v) is 7.57. The number of amides is 1. The number of carboxylic acid groups (broad SMARTS) is 1. The van der Waals surface area contributed by atoms with Crippen molar-refractivity contribution in [1.82, 2.24) is 14.9 Å². The van der Waals surface area contributed by atoms with E-state index in [2.05, 4.69) is 14.9 Å². The normalized spacial score (nSPS) is 17.4. The van der Waals surface area contributed by atoms with Crippen molar-refractivity contribution in [2.45, 2.75) is 57.4 Å². The fourth-order valence-electron chi connectivity index (χ4n) is 2.72. The van der Waals surface area contributed by atoms with Crippen molar-refractivity contribution in [3.05, 3.63) is 10.6 Å². The summed E-state index contributed by atoms with van der Waals surface area (Å²) in [6.07, 6.45) is 3.31. The van der Waals surface area contributed by atoms with Crippen LogP contribution < -0.4 is 5.32 Å². The summed E-state index contributed by atoms with van der Waals surface area (Å²) >= 11 is 1.07. The van der Waals surface area contributed by atoms with Gasteiger partial charge in [0, 0.05) is 0 Å². The highest BCUT2D eigenvalue weighted by molar-refractivity contribution is 7.08. The Bertz CT molecular complexity index is 507. The smallest absolute Gasteiger partial charge is 0.305 e. The number of carbonyl (C=O) groups is 2. The van der Waals surface area contributed by atoms with Crippen molar-refractivity contribution >= 4 is 23.4 Å². The summed E-state index contributed by atoms with van der Waals surface area (Å²) in [6, 6.07) is 0. The van der Waals surface area contributed by atoms with Gasteiger partial charge in [-0.05, 0) is 30.3 Å². The Kier molecular flexibility index (Phi) is 4.37. The Balaban J connectivity index is 2.16. The molecule has 0 bridgehead atoms. The molecule has 7 heteroatoms. The third-order valence-electron chi connectivity index (χ3n) is 3.70. The molecule has 1 aliphatic rings. The van der Waals surface area contributed by atoms with Crippen molar-refractivity contribution in [3.8, 4) is 0 Å². The van der Waals surface area contributed by atoms with Crippen molar-refractivity contribution in [2.75, 3.05) is 0 Å². The summed E-state index contributed by atoms with van der Waals surface area (Å²) in [7, 11) is 0. The van der Waals surface area contributed by atoms with Crippen LogP contribution in [0.2, 0.25) is 0 Å². The van der Waals surface area contributed by atoms with Gasteiger partial charge < -0.3 is 10.4 Å². The number of nitrogens with zero attached hydrogens (tertiary/aromatic N) is 2. The predicted octanol–water partition coefficient (Wildman–Crippen LogP) is 2.18. The van der Waals surface area contributed by atoms with Crippen LogP contribution in [0, 0.1) is 0 Å². The summed E-state index contributed by atoms with van der Waals surface area (Å²) in [4.78, 5) is 23.9. The van der Waals surface area contributed by atoms with Crippen LogP contribution >= 0.6 is 11.5 Å². The van der Waals surface area contributed by atoms with Crippen LogP contribution in [0.5, 0.6) is 0 Å². The molecule has 0 saturated heterocycles.